The molecular weight excluding hydrogens is 352 g/mol. The molecule has 0 saturated heterocycles. The molecular formula is C19H20N2O6. The number of carbonyl (C=O) groups excluding carboxylic acids is 2. The lowest BCUT2D eigenvalue weighted by Gasteiger charge is -2.14. The van der Waals surface area contributed by atoms with Gasteiger partial charge in [-0.2, -0.15) is 0 Å². The Morgan fingerprint density at radius 1 is 1.19 bits per heavy atom. The molecule has 2 aromatic rings. The fourth-order valence-corrected chi connectivity index (χ4v) is 2.39. The Hall–Kier alpha value is -3.42. The van der Waals surface area contributed by atoms with Crippen molar-refractivity contribution in [1.29, 1.82) is 0 Å². The second kappa shape index (κ2) is 9.33. The highest BCUT2D eigenvalue weighted by molar-refractivity contribution is 5.92. The van der Waals surface area contributed by atoms with Gasteiger partial charge in [-0.15, -0.1) is 0 Å². The SMILES string of the molecule is CCOc1ccc(C(=O)OCC(=O)N[C@H](C)c2ccccc2)cc1[N+](=O)[O-]. The van der Waals surface area contributed by atoms with Gasteiger partial charge in [0.25, 0.3) is 5.91 Å². The van der Waals surface area contributed by atoms with Gasteiger partial charge in [0, 0.05) is 6.07 Å². The maximum Gasteiger partial charge on any atom is 0.338 e. The largest absolute Gasteiger partial charge is 0.487 e. The molecule has 0 spiro atoms. The Kier molecular flexibility index (Phi) is 6.87. The van der Waals surface area contributed by atoms with Gasteiger partial charge in [-0.1, -0.05) is 30.3 Å². The van der Waals surface area contributed by atoms with Gasteiger partial charge in [0.05, 0.1) is 23.1 Å². The van der Waals surface area contributed by atoms with E-state index in [-0.39, 0.29) is 29.6 Å². The number of nitro benzene ring substituents is 1. The van der Waals surface area contributed by atoms with Gasteiger partial charge in [0.1, 0.15) is 0 Å². The van der Waals surface area contributed by atoms with Gasteiger partial charge in [0.2, 0.25) is 0 Å². The van der Waals surface area contributed by atoms with Gasteiger partial charge in [-0.25, -0.2) is 4.79 Å². The van der Waals surface area contributed by atoms with E-state index in [1.807, 2.05) is 37.3 Å². The van der Waals surface area contributed by atoms with E-state index in [1.54, 1.807) is 6.92 Å². The maximum absolute atomic E-state index is 12.1. The van der Waals surface area contributed by atoms with Gasteiger partial charge in [0.15, 0.2) is 12.4 Å². The molecule has 0 unspecified atom stereocenters. The van der Waals surface area contributed by atoms with Crippen LogP contribution in [0.3, 0.4) is 0 Å². The fourth-order valence-electron chi connectivity index (χ4n) is 2.39. The number of carbonyl (C=O) groups is 2. The van der Waals surface area contributed by atoms with E-state index in [0.717, 1.165) is 11.6 Å². The molecule has 0 saturated carbocycles. The number of hydrogen-bond acceptors (Lipinski definition) is 6. The van der Waals surface area contributed by atoms with Crippen molar-refractivity contribution in [2.24, 2.45) is 0 Å². The maximum atomic E-state index is 12.1. The number of hydrogen-bond donors (Lipinski definition) is 1. The summed E-state index contributed by atoms with van der Waals surface area (Å²) in [7, 11) is 0. The molecule has 8 heteroatoms. The zero-order valence-electron chi connectivity index (χ0n) is 15.0. The highest BCUT2D eigenvalue weighted by Crippen LogP contribution is 2.28. The molecule has 0 heterocycles. The molecule has 27 heavy (non-hydrogen) atoms. The van der Waals surface area contributed by atoms with E-state index >= 15 is 0 Å². The number of rotatable bonds is 8. The molecule has 0 aliphatic carbocycles. The number of benzene rings is 2. The second-order valence-electron chi connectivity index (χ2n) is 5.65. The molecule has 0 aliphatic heterocycles. The summed E-state index contributed by atoms with van der Waals surface area (Å²) in [5.41, 5.74) is 0.543. The molecule has 1 amide bonds. The van der Waals surface area contributed by atoms with Crippen molar-refractivity contribution >= 4 is 17.6 Å². The predicted molar refractivity (Wildman–Crippen MR) is 97.5 cm³/mol. The van der Waals surface area contributed by atoms with Crippen LogP contribution in [0.2, 0.25) is 0 Å². The standard InChI is InChI=1S/C19H20N2O6/c1-3-26-17-10-9-15(11-16(17)21(24)25)19(23)27-12-18(22)20-13(2)14-7-5-4-6-8-14/h4-11,13H,3,12H2,1-2H3,(H,20,22)/t13-/m1/s1. The van der Waals surface area contributed by atoms with Crippen LogP contribution >= 0.6 is 0 Å². The fraction of sp³-hybridized carbons (Fsp3) is 0.263. The van der Waals surface area contributed by atoms with E-state index in [4.69, 9.17) is 9.47 Å². The van der Waals surface area contributed by atoms with Crippen molar-refractivity contribution < 1.29 is 24.0 Å². The summed E-state index contributed by atoms with van der Waals surface area (Å²) < 4.78 is 10.1. The lowest BCUT2D eigenvalue weighted by atomic mass is 10.1. The third-order valence-corrected chi connectivity index (χ3v) is 3.70. The molecule has 8 nitrogen and oxygen atoms in total. The van der Waals surface area contributed by atoms with Crippen molar-refractivity contribution in [3.63, 3.8) is 0 Å². The first-order valence-electron chi connectivity index (χ1n) is 8.35. The summed E-state index contributed by atoms with van der Waals surface area (Å²) >= 11 is 0. The van der Waals surface area contributed by atoms with Gasteiger partial charge < -0.3 is 14.8 Å². The Balaban J connectivity index is 1.96. The Bertz CT molecular complexity index is 822. The third kappa shape index (κ3) is 5.53. The van der Waals surface area contributed by atoms with E-state index < -0.39 is 23.4 Å². The average Bonchev–Trinajstić information content (AvgIpc) is 2.67. The van der Waals surface area contributed by atoms with Crippen LogP contribution in [0, 0.1) is 10.1 Å². The summed E-state index contributed by atoms with van der Waals surface area (Å²) in [5, 5.41) is 13.8. The molecule has 0 bridgehead atoms. The lowest BCUT2D eigenvalue weighted by Crippen LogP contribution is -2.31. The summed E-state index contributed by atoms with van der Waals surface area (Å²) in [6.45, 7) is 3.27. The van der Waals surface area contributed by atoms with E-state index in [0.29, 0.717) is 0 Å². The molecule has 0 fully saturated rings. The number of amides is 1. The molecule has 0 radical (unpaired) electrons. The first kappa shape index (κ1) is 19.9. The number of ether oxygens (including phenoxy) is 2. The first-order valence-corrected chi connectivity index (χ1v) is 8.35. The summed E-state index contributed by atoms with van der Waals surface area (Å²) in [4.78, 5) is 34.5. The van der Waals surface area contributed by atoms with E-state index in [1.165, 1.54) is 12.1 Å². The minimum Gasteiger partial charge on any atom is -0.487 e. The molecule has 142 valence electrons. The quantitative estimate of drug-likeness (QED) is 0.433. The highest BCUT2D eigenvalue weighted by atomic mass is 16.6. The number of nitro groups is 1. The first-order chi connectivity index (χ1) is 12.9. The van der Waals surface area contributed by atoms with Crippen molar-refractivity contribution in [3.05, 3.63) is 69.8 Å². The molecule has 0 aliphatic rings. The normalized spacial score (nSPS) is 11.3. The minimum atomic E-state index is -0.830. The van der Waals surface area contributed by atoms with Crippen LogP contribution in [0.5, 0.6) is 5.75 Å². The van der Waals surface area contributed by atoms with Crippen LogP contribution in [0.1, 0.15) is 35.8 Å². The summed E-state index contributed by atoms with van der Waals surface area (Å²) in [5.74, 6) is -1.24. The van der Waals surface area contributed by atoms with Crippen molar-refractivity contribution in [2.75, 3.05) is 13.2 Å². The monoisotopic (exact) mass is 372 g/mol. The third-order valence-electron chi connectivity index (χ3n) is 3.70. The molecule has 0 aromatic heterocycles. The topological polar surface area (TPSA) is 108 Å². The Labute approximate surface area is 156 Å². The Morgan fingerprint density at radius 3 is 2.52 bits per heavy atom. The molecule has 1 atom stereocenters. The van der Waals surface area contributed by atoms with Crippen LogP contribution in [-0.2, 0) is 9.53 Å². The average molecular weight is 372 g/mol. The molecule has 1 N–H and O–H groups in total. The van der Waals surface area contributed by atoms with Crippen molar-refractivity contribution in [1.82, 2.24) is 5.32 Å². The zero-order valence-corrected chi connectivity index (χ0v) is 15.0. The van der Waals surface area contributed by atoms with Crippen molar-refractivity contribution in [2.45, 2.75) is 19.9 Å². The number of esters is 1. The van der Waals surface area contributed by atoms with Gasteiger partial charge >= 0.3 is 11.7 Å². The van der Waals surface area contributed by atoms with Crippen LogP contribution in [-0.4, -0.2) is 30.0 Å². The minimum absolute atomic E-state index is 0.0333. The molecule has 2 aromatic carbocycles. The lowest BCUT2D eigenvalue weighted by molar-refractivity contribution is -0.385. The van der Waals surface area contributed by atoms with Crippen molar-refractivity contribution in [3.8, 4) is 5.75 Å². The van der Waals surface area contributed by atoms with Crippen LogP contribution < -0.4 is 10.1 Å². The van der Waals surface area contributed by atoms with Crippen LogP contribution in [0.4, 0.5) is 5.69 Å². The van der Waals surface area contributed by atoms with E-state index in [9.17, 15) is 19.7 Å². The number of nitrogens with one attached hydrogen (secondary N) is 1. The summed E-state index contributed by atoms with van der Waals surface area (Å²) in [6, 6.07) is 12.8. The Morgan fingerprint density at radius 2 is 1.89 bits per heavy atom. The smallest absolute Gasteiger partial charge is 0.338 e. The predicted octanol–water partition coefficient (Wildman–Crippen LogP) is 3.03. The zero-order chi connectivity index (χ0) is 19.8. The van der Waals surface area contributed by atoms with Crippen LogP contribution in [0.25, 0.3) is 0 Å². The second-order valence-corrected chi connectivity index (χ2v) is 5.65. The molecule has 2 rings (SSSR count). The van der Waals surface area contributed by atoms with E-state index in [2.05, 4.69) is 5.32 Å². The van der Waals surface area contributed by atoms with Gasteiger partial charge in [-0.3, -0.25) is 14.9 Å². The summed E-state index contributed by atoms with van der Waals surface area (Å²) in [6.07, 6.45) is 0. The van der Waals surface area contributed by atoms with Crippen LogP contribution in [0.15, 0.2) is 48.5 Å². The van der Waals surface area contributed by atoms with Gasteiger partial charge in [-0.05, 0) is 31.5 Å². The number of nitrogens with zero attached hydrogens (tertiary/aromatic N) is 1. The highest BCUT2D eigenvalue weighted by Gasteiger charge is 2.20.